The molecule has 0 atom stereocenters. The molecule has 0 aromatic rings. The van der Waals surface area contributed by atoms with E-state index < -0.39 is 8.97 Å². The summed E-state index contributed by atoms with van der Waals surface area (Å²) in [5, 5.41) is 5.93. The number of hydrogen-bond acceptors (Lipinski definition) is 4. The molecule has 0 aromatic heterocycles. The van der Waals surface area contributed by atoms with Gasteiger partial charge in [0.1, 0.15) is 0 Å². The summed E-state index contributed by atoms with van der Waals surface area (Å²) in [6.07, 6.45) is 2.78. The standard InChI is InChI=1S/C9H23NO3Si/c1-4-7-11-14(10,12-8-5-2)13-9-6-3/h4-10H2,1-3H3. The molecule has 0 bridgehead atoms. The average Bonchev–Trinajstić information content (AvgIpc) is 2.21. The molecule has 0 amide bonds. The minimum Gasteiger partial charge on any atom is -0.361 e. The fourth-order valence-corrected chi connectivity index (χ4v) is 2.57. The summed E-state index contributed by atoms with van der Waals surface area (Å²) < 4.78 is 16.4. The third kappa shape index (κ3) is 6.50. The van der Waals surface area contributed by atoms with Gasteiger partial charge >= 0.3 is 8.97 Å². The molecule has 0 aromatic carbocycles. The van der Waals surface area contributed by atoms with Gasteiger partial charge in [-0.05, 0) is 19.3 Å². The summed E-state index contributed by atoms with van der Waals surface area (Å²) in [5.41, 5.74) is 0. The first-order chi connectivity index (χ1) is 6.68. The van der Waals surface area contributed by atoms with Crippen LogP contribution in [0.4, 0.5) is 0 Å². The SMILES string of the molecule is CCCO[Si](N)(OCCC)OCCC. The molecule has 0 unspecified atom stereocenters. The fraction of sp³-hybridized carbons (Fsp3) is 1.00. The lowest BCUT2D eigenvalue weighted by atomic mass is 10.5. The molecule has 0 aliphatic rings. The summed E-state index contributed by atoms with van der Waals surface area (Å²) in [6, 6.07) is 0. The van der Waals surface area contributed by atoms with Gasteiger partial charge in [0.25, 0.3) is 0 Å². The van der Waals surface area contributed by atoms with Gasteiger partial charge in [-0.1, -0.05) is 20.8 Å². The summed E-state index contributed by atoms with van der Waals surface area (Å²) >= 11 is 0. The van der Waals surface area contributed by atoms with Crippen LogP contribution in [0.1, 0.15) is 40.0 Å². The number of rotatable bonds is 9. The van der Waals surface area contributed by atoms with Gasteiger partial charge in [0.05, 0.1) is 0 Å². The van der Waals surface area contributed by atoms with E-state index in [0.717, 1.165) is 19.3 Å². The Morgan fingerprint density at radius 1 is 0.786 bits per heavy atom. The van der Waals surface area contributed by atoms with Crippen LogP contribution < -0.4 is 5.40 Å². The van der Waals surface area contributed by atoms with Gasteiger partial charge in [0, 0.05) is 19.8 Å². The second kappa shape index (κ2) is 8.37. The smallest absolute Gasteiger partial charge is 0.361 e. The Morgan fingerprint density at radius 3 is 1.29 bits per heavy atom. The highest BCUT2D eigenvalue weighted by Crippen LogP contribution is 2.04. The van der Waals surface area contributed by atoms with Gasteiger partial charge in [0.2, 0.25) is 0 Å². The van der Waals surface area contributed by atoms with E-state index in [1.807, 2.05) is 20.8 Å². The predicted molar refractivity (Wildman–Crippen MR) is 58.7 cm³/mol. The van der Waals surface area contributed by atoms with Crippen molar-refractivity contribution in [2.75, 3.05) is 19.8 Å². The molecule has 0 radical (unpaired) electrons. The maximum atomic E-state index is 5.93. The van der Waals surface area contributed by atoms with E-state index in [-0.39, 0.29) is 0 Å². The van der Waals surface area contributed by atoms with Gasteiger partial charge in [-0.2, -0.15) is 0 Å². The highest BCUT2D eigenvalue weighted by atomic mass is 28.4. The second-order valence-corrected chi connectivity index (χ2v) is 5.22. The molecule has 0 aliphatic heterocycles. The zero-order valence-electron chi connectivity index (χ0n) is 9.54. The van der Waals surface area contributed by atoms with E-state index in [4.69, 9.17) is 18.7 Å². The van der Waals surface area contributed by atoms with Gasteiger partial charge < -0.3 is 13.3 Å². The van der Waals surface area contributed by atoms with Crippen molar-refractivity contribution in [3.05, 3.63) is 0 Å². The second-order valence-electron chi connectivity index (χ2n) is 3.15. The van der Waals surface area contributed by atoms with E-state index in [2.05, 4.69) is 0 Å². The highest BCUT2D eigenvalue weighted by Gasteiger charge is 2.36. The van der Waals surface area contributed by atoms with Crippen LogP contribution in [0.25, 0.3) is 0 Å². The van der Waals surface area contributed by atoms with Crippen LogP contribution in [0.2, 0.25) is 0 Å². The van der Waals surface area contributed by atoms with Crippen LogP contribution >= 0.6 is 0 Å². The molecular formula is C9H23NO3Si. The van der Waals surface area contributed by atoms with Gasteiger partial charge in [0.15, 0.2) is 0 Å². The van der Waals surface area contributed by atoms with Gasteiger partial charge in [-0.3, -0.25) is 5.40 Å². The molecular weight excluding hydrogens is 198 g/mol. The zero-order chi connectivity index (χ0) is 10.9. The molecule has 0 fully saturated rings. The fourth-order valence-electron chi connectivity index (χ4n) is 0.858. The molecule has 0 rings (SSSR count). The Bertz CT molecular complexity index is 113. The first kappa shape index (κ1) is 14.1. The summed E-state index contributed by atoms with van der Waals surface area (Å²) in [7, 11) is -2.81. The summed E-state index contributed by atoms with van der Waals surface area (Å²) in [4.78, 5) is 0. The molecule has 14 heavy (non-hydrogen) atoms. The topological polar surface area (TPSA) is 53.7 Å². The Kier molecular flexibility index (Phi) is 8.41. The van der Waals surface area contributed by atoms with Crippen molar-refractivity contribution >= 4 is 8.97 Å². The van der Waals surface area contributed by atoms with Gasteiger partial charge in [-0.25, -0.2) is 0 Å². The minimum atomic E-state index is -2.81. The van der Waals surface area contributed by atoms with Crippen LogP contribution in [0.5, 0.6) is 0 Å². The molecule has 0 spiro atoms. The average molecular weight is 221 g/mol. The van der Waals surface area contributed by atoms with Crippen LogP contribution in [-0.4, -0.2) is 28.8 Å². The summed E-state index contributed by atoms with van der Waals surface area (Å²) in [6.45, 7) is 7.93. The third-order valence-corrected chi connectivity index (χ3v) is 3.34. The van der Waals surface area contributed by atoms with Crippen molar-refractivity contribution < 1.29 is 13.3 Å². The van der Waals surface area contributed by atoms with Crippen molar-refractivity contribution in [2.24, 2.45) is 5.40 Å². The minimum absolute atomic E-state index is 0.607. The molecule has 0 aliphatic carbocycles. The van der Waals surface area contributed by atoms with Crippen molar-refractivity contribution in [1.29, 1.82) is 0 Å². The Labute approximate surface area is 88.2 Å². The lowest BCUT2D eigenvalue weighted by Gasteiger charge is -2.24. The van der Waals surface area contributed by atoms with Crippen LogP contribution in [0.3, 0.4) is 0 Å². The maximum absolute atomic E-state index is 5.93. The van der Waals surface area contributed by atoms with Crippen LogP contribution in [-0.2, 0) is 13.3 Å². The molecule has 0 heterocycles. The van der Waals surface area contributed by atoms with E-state index >= 15 is 0 Å². The Balaban J connectivity index is 3.89. The highest BCUT2D eigenvalue weighted by molar-refractivity contribution is 6.56. The van der Waals surface area contributed by atoms with Crippen molar-refractivity contribution in [3.8, 4) is 0 Å². The number of hydrogen-bond donors (Lipinski definition) is 1. The normalized spacial score (nSPS) is 12.0. The lowest BCUT2D eigenvalue weighted by Crippen LogP contribution is -2.55. The molecule has 4 nitrogen and oxygen atoms in total. The van der Waals surface area contributed by atoms with E-state index in [1.54, 1.807) is 0 Å². The molecule has 86 valence electrons. The zero-order valence-corrected chi connectivity index (χ0v) is 10.5. The monoisotopic (exact) mass is 221 g/mol. The van der Waals surface area contributed by atoms with Crippen LogP contribution in [0, 0.1) is 0 Å². The molecule has 0 saturated carbocycles. The first-order valence-electron chi connectivity index (χ1n) is 5.39. The molecule has 2 N–H and O–H groups in total. The van der Waals surface area contributed by atoms with E-state index in [1.165, 1.54) is 0 Å². The maximum Gasteiger partial charge on any atom is 0.594 e. The van der Waals surface area contributed by atoms with E-state index in [0.29, 0.717) is 19.8 Å². The third-order valence-electron chi connectivity index (χ3n) is 1.52. The lowest BCUT2D eigenvalue weighted by molar-refractivity contribution is 0.0601. The van der Waals surface area contributed by atoms with E-state index in [9.17, 15) is 0 Å². The first-order valence-corrected chi connectivity index (χ1v) is 7.19. The largest absolute Gasteiger partial charge is 0.594 e. The van der Waals surface area contributed by atoms with Crippen molar-refractivity contribution in [2.45, 2.75) is 40.0 Å². The predicted octanol–water partition coefficient (Wildman–Crippen LogP) is 1.66. The van der Waals surface area contributed by atoms with Gasteiger partial charge in [-0.15, -0.1) is 0 Å². The quantitative estimate of drug-likeness (QED) is 0.602. The number of nitrogens with two attached hydrogens (primary N) is 1. The van der Waals surface area contributed by atoms with Crippen molar-refractivity contribution in [1.82, 2.24) is 0 Å². The molecule has 0 saturated heterocycles. The van der Waals surface area contributed by atoms with Crippen LogP contribution in [0.15, 0.2) is 0 Å². The Hall–Kier alpha value is 0.0569. The molecule has 5 heteroatoms. The van der Waals surface area contributed by atoms with Crippen molar-refractivity contribution in [3.63, 3.8) is 0 Å². The Morgan fingerprint density at radius 2 is 1.07 bits per heavy atom. The summed E-state index contributed by atoms with van der Waals surface area (Å²) in [5.74, 6) is 0.